The number of nitrogen functional groups attached to an aromatic ring is 1. The predicted octanol–water partition coefficient (Wildman–Crippen LogP) is 3.60. The summed E-state index contributed by atoms with van der Waals surface area (Å²) in [6.07, 6.45) is 3.37. The fourth-order valence-electron chi connectivity index (χ4n) is 2.96. The number of unbranched alkanes of at least 4 members (excludes halogenated alkanes) is 1. The van der Waals surface area contributed by atoms with Gasteiger partial charge in [-0.1, -0.05) is 38.8 Å². The summed E-state index contributed by atoms with van der Waals surface area (Å²) < 4.78 is 1.30. The Morgan fingerprint density at radius 2 is 2.03 bits per heavy atom. The van der Waals surface area contributed by atoms with Crippen molar-refractivity contribution < 1.29 is 4.79 Å². The minimum atomic E-state index is -0.686. The van der Waals surface area contributed by atoms with Crippen molar-refractivity contribution >= 4 is 40.8 Å². The molecule has 0 aliphatic rings. The monoisotopic (exact) mass is 438 g/mol. The number of aromatic nitrogens is 2. The molecule has 1 heterocycles. The summed E-state index contributed by atoms with van der Waals surface area (Å²) >= 11 is 7.77. The number of H-pyrrole nitrogens is 1. The quantitative estimate of drug-likeness (QED) is 0.613. The molecular formula is C20H27ClN4O3S. The van der Waals surface area contributed by atoms with Crippen LogP contribution >= 0.6 is 23.4 Å². The molecular weight excluding hydrogens is 412 g/mol. The first-order valence-corrected chi connectivity index (χ1v) is 11.1. The van der Waals surface area contributed by atoms with Crippen molar-refractivity contribution in [1.29, 1.82) is 0 Å². The zero-order chi connectivity index (χ0) is 21.7. The molecule has 158 valence electrons. The molecule has 2 rings (SSSR count). The summed E-state index contributed by atoms with van der Waals surface area (Å²) in [6, 6.07) is 5.18. The normalized spacial score (nSPS) is 11.1. The van der Waals surface area contributed by atoms with Crippen molar-refractivity contribution in [3.8, 4) is 0 Å². The van der Waals surface area contributed by atoms with Crippen LogP contribution in [0.15, 0.2) is 32.7 Å². The van der Waals surface area contributed by atoms with Gasteiger partial charge in [-0.3, -0.25) is 19.1 Å². The van der Waals surface area contributed by atoms with Crippen LogP contribution < -0.4 is 21.9 Å². The van der Waals surface area contributed by atoms with Crippen LogP contribution in [0, 0.1) is 5.92 Å². The van der Waals surface area contributed by atoms with Crippen molar-refractivity contribution in [2.45, 2.75) is 45.1 Å². The maximum Gasteiger partial charge on any atom is 0.330 e. The summed E-state index contributed by atoms with van der Waals surface area (Å²) in [5.74, 6) is -0.318. The Morgan fingerprint density at radius 1 is 1.34 bits per heavy atom. The van der Waals surface area contributed by atoms with Gasteiger partial charge >= 0.3 is 5.69 Å². The number of thioether (sulfide) groups is 1. The molecule has 0 saturated heterocycles. The van der Waals surface area contributed by atoms with Crippen LogP contribution in [0.2, 0.25) is 5.02 Å². The van der Waals surface area contributed by atoms with Crippen LogP contribution in [0.5, 0.6) is 0 Å². The number of carbonyl (C=O) groups excluding carboxylic acids is 1. The third-order valence-corrected chi connectivity index (χ3v) is 5.47. The predicted molar refractivity (Wildman–Crippen MR) is 120 cm³/mol. The van der Waals surface area contributed by atoms with Gasteiger partial charge in [0.1, 0.15) is 5.82 Å². The number of nitrogens with two attached hydrogens (primary N) is 1. The van der Waals surface area contributed by atoms with Crippen molar-refractivity contribution in [2.75, 3.05) is 23.4 Å². The van der Waals surface area contributed by atoms with Gasteiger partial charge in [-0.25, -0.2) is 4.79 Å². The summed E-state index contributed by atoms with van der Waals surface area (Å²) in [6.45, 7) is 6.46. The van der Waals surface area contributed by atoms with E-state index in [9.17, 15) is 14.4 Å². The van der Waals surface area contributed by atoms with Crippen molar-refractivity contribution in [3.05, 3.63) is 49.6 Å². The highest BCUT2D eigenvalue weighted by Gasteiger charge is 2.26. The van der Waals surface area contributed by atoms with Crippen molar-refractivity contribution in [3.63, 3.8) is 0 Å². The second kappa shape index (κ2) is 10.0. The standard InChI is InChI=1S/C20H27ClN4O3S/c1-5-6-9-24(19(27)14-10-13(29-4)7-8-15(14)21)16-17(22)25(11-12(2)3)20(28)23-18(16)26/h7-8,10,12H,5-6,9,11,22H2,1-4H3,(H,23,26,28). The van der Waals surface area contributed by atoms with Gasteiger partial charge in [-0.2, -0.15) is 0 Å². The summed E-state index contributed by atoms with van der Waals surface area (Å²) in [4.78, 5) is 42.8. The Balaban J connectivity index is 2.66. The van der Waals surface area contributed by atoms with E-state index in [2.05, 4.69) is 4.98 Å². The van der Waals surface area contributed by atoms with E-state index in [-0.39, 0.29) is 29.5 Å². The molecule has 0 fully saturated rings. The van der Waals surface area contributed by atoms with Crippen LogP contribution in [0.1, 0.15) is 44.0 Å². The highest BCUT2D eigenvalue weighted by molar-refractivity contribution is 7.98. The third-order valence-electron chi connectivity index (χ3n) is 4.42. The number of nitrogens with zero attached hydrogens (tertiary/aromatic N) is 2. The molecule has 3 N–H and O–H groups in total. The number of hydrogen-bond acceptors (Lipinski definition) is 5. The van der Waals surface area contributed by atoms with Gasteiger partial charge in [-0.15, -0.1) is 11.8 Å². The molecule has 29 heavy (non-hydrogen) atoms. The fourth-order valence-corrected chi connectivity index (χ4v) is 3.59. The molecule has 7 nitrogen and oxygen atoms in total. The molecule has 1 amide bonds. The lowest BCUT2D eigenvalue weighted by Crippen LogP contribution is -2.42. The molecule has 0 radical (unpaired) electrons. The van der Waals surface area contributed by atoms with E-state index < -0.39 is 17.2 Å². The lowest BCUT2D eigenvalue weighted by atomic mass is 10.1. The molecule has 0 spiro atoms. The largest absolute Gasteiger partial charge is 0.383 e. The van der Waals surface area contributed by atoms with Crippen LogP contribution in [0.25, 0.3) is 0 Å². The number of hydrogen-bond donors (Lipinski definition) is 2. The molecule has 9 heteroatoms. The SMILES string of the molecule is CCCCN(C(=O)c1cc(SC)ccc1Cl)c1c(N)n(CC(C)C)c(=O)[nH]c1=O. The number of anilines is 2. The average molecular weight is 439 g/mol. The third kappa shape index (κ3) is 5.25. The number of aromatic amines is 1. The Bertz CT molecular complexity index is 1000. The fraction of sp³-hybridized carbons (Fsp3) is 0.450. The Morgan fingerprint density at radius 3 is 2.62 bits per heavy atom. The first kappa shape index (κ1) is 23.1. The minimum Gasteiger partial charge on any atom is -0.383 e. The number of halogens is 1. The van der Waals surface area contributed by atoms with Crippen LogP contribution in [-0.2, 0) is 6.54 Å². The average Bonchev–Trinajstić information content (AvgIpc) is 2.67. The van der Waals surface area contributed by atoms with Crippen LogP contribution in [-0.4, -0.2) is 28.3 Å². The van der Waals surface area contributed by atoms with Crippen LogP contribution in [0.3, 0.4) is 0 Å². The molecule has 1 aromatic carbocycles. The molecule has 1 aromatic heterocycles. The van der Waals surface area contributed by atoms with Gasteiger partial charge in [-0.05, 0) is 36.8 Å². The maximum atomic E-state index is 13.4. The van der Waals surface area contributed by atoms with Gasteiger partial charge in [0.05, 0.1) is 10.6 Å². The molecule has 0 bridgehead atoms. The topological polar surface area (TPSA) is 101 Å². The van der Waals surface area contributed by atoms with E-state index in [0.717, 1.165) is 11.3 Å². The number of nitrogens with one attached hydrogen (secondary N) is 1. The van der Waals surface area contributed by atoms with Gasteiger partial charge in [0.25, 0.3) is 11.5 Å². The van der Waals surface area contributed by atoms with E-state index in [0.29, 0.717) is 18.0 Å². The second-order valence-corrected chi connectivity index (χ2v) is 8.44. The van der Waals surface area contributed by atoms with Crippen LogP contribution in [0.4, 0.5) is 11.5 Å². The van der Waals surface area contributed by atoms with Gasteiger partial charge in [0.2, 0.25) is 0 Å². The molecule has 0 aliphatic carbocycles. The smallest absolute Gasteiger partial charge is 0.330 e. The highest BCUT2D eigenvalue weighted by atomic mass is 35.5. The molecule has 2 aromatic rings. The zero-order valence-corrected chi connectivity index (χ0v) is 18.7. The van der Waals surface area contributed by atoms with E-state index in [1.165, 1.54) is 21.2 Å². The number of rotatable bonds is 8. The summed E-state index contributed by atoms with van der Waals surface area (Å²) in [7, 11) is 0. The Kier molecular flexibility index (Phi) is 7.98. The first-order valence-electron chi connectivity index (χ1n) is 9.49. The second-order valence-electron chi connectivity index (χ2n) is 7.15. The minimum absolute atomic E-state index is 0.0191. The van der Waals surface area contributed by atoms with Gasteiger partial charge in [0, 0.05) is 18.0 Å². The summed E-state index contributed by atoms with van der Waals surface area (Å²) in [5, 5.41) is 0.291. The molecule has 0 unspecified atom stereocenters. The number of benzene rings is 1. The Hall–Kier alpha value is -2.19. The summed E-state index contributed by atoms with van der Waals surface area (Å²) in [5.41, 5.74) is 5.22. The molecule has 0 aliphatic heterocycles. The van der Waals surface area contributed by atoms with Crippen molar-refractivity contribution in [2.24, 2.45) is 5.92 Å². The number of carbonyl (C=O) groups is 1. The first-order chi connectivity index (χ1) is 13.7. The Labute approximate surface area is 179 Å². The lowest BCUT2D eigenvalue weighted by Gasteiger charge is -2.25. The van der Waals surface area contributed by atoms with E-state index >= 15 is 0 Å². The van der Waals surface area contributed by atoms with E-state index in [1.54, 1.807) is 12.1 Å². The van der Waals surface area contributed by atoms with Gasteiger partial charge in [0.15, 0.2) is 5.69 Å². The zero-order valence-electron chi connectivity index (χ0n) is 17.1. The van der Waals surface area contributed by atoms with E-state index in [4.69, 9.17) is 17.3 Å². The van der Waals surface area contributed by atoms with Gasteiger partial charge < -0.3 is 10.6 Å². The maximum absolute atomic E-state index is 13.4. The van der Waals surface area contributed by atoms with E-state index in [1.807, 2.05) is 33.1 Å². The lowest BCUT2D eigenvalue weighted by molar-refractivity contribution is 0.0986. The number of amides is 1. The molecule has 0 atom stereocenters. The van der Waals surface area contributed by atoms with Crippen molar-refractivity contribution in [1.82, 2.24) is 9.55 Å². The highest BCUT2D eigenvalue weighted by Crippen LogP contribution is 2.27. The molecule has 0 saturated carbocycles.